The number of aromatic nitrogens is 2. The highest BCUT2D eigenvalue weighted by atomic mass is 35.5. The van der Waals surface area contributed by atoms with Gasteiger partial charge in [-0.15, -0.1) is 0 Å². The van der Waals surface area contributed by atoms with Gasteiger partial charge in [0.15, 0.2) is 5.11 Å². The van der Waals surface area contributed by atoms with Crippen LogP contribution in [0.3, 0.4) is 0 Å². The number of benzene rings is 2. The second kappa shape index (κ2) is 8.50. The van der Waals surface area contributed by atoms with Crippen molar-refractivity contribution in [2.24, 2.45) is 0 Å². The molecule has 0 atom stereocenters. The molecular formula is C20H20ClFN4S. The molecule has 0 aliphatic heterocycles. The maximum absolute atomic E-state index is 14.1. The van der Waals surface area contributed by atoms with Gasteiger partial charge in [-0.25, -0.2) is 4.39 Å². The number of halogens is 2. The molecule has 2 N–H and O–H groups in total. The van der Waals surface area contributed by atoms with Crippen LogP contribution in [-0.4, -0.2) is 14.9 Å². The first-order chi connectivity index (χ1) is 13.0. The van der Waals surface area contributed by atoms with E-state index in [0.717, 1.165) is 22.6 Å². The van der Waals surface area contributed by atoms with E-state index in [0.29, 0.717) is 22.2 Å². The van der Waals surface area contributed by atoms with Crippen LogP contribution in [0.15, 0.2) is 48.5 Å². The second-order valence-electron chi connectivity index (χ2n) is 6.20. The molecule has 3 rings (SSSR count). The largest absolute Gasteiger partial charge is 0.358 e. The van der Waals surface area contributed by atoms with Crippen molar-refractivity contribution in [3.05, 3.63) is 81.9 Å². The normalized spacial score (nSPS) is 10.7. The zero-order chi connectivity index (χ0) is 19.4. The smallest absolute Gasteiger partial charge is 0.171 e. The Bertz CT molecular complexity index is 936. The molecular weight excluding hydrogens is 383 g/mol. The molecule has 1 aromatic heterocycles. The lowest BCUT2D eigenvalue weighted by atomic mass is 10.2. The van der Waals surface area contributed by atoms with Crippen molar-refractivity contribution >= 4 is 34.6 Å². The fourth-order valence-electron chi connectivity index (χ4n) is 2.80. The van der Waals surface area contributed by atoms with Gasteiger partial charge in [0.2, 0.25) is 0 Å². The van der Waals surface area contributed by atoms with E-state index in [-0.39, 0.29) is 12.4 Å². The Morgan fingerprint density at radius 3 is 2.59 bits per heavy atom. The van der Waals surface area contributed by atoms with Gasteiger partial charge in [0.1, 0.15) is 5.82 Å². The molecule has 3 aromatic rings. The summed E-state index contributed by atoms with van der Waals surface area (Å²) in [4.78, 5) is 0. The van der Waals surface area contributed by atoms with Gasteiger partial charge in [-0.3, -0.25) is 4.68 Å². The molecule has 0 saturated heterocycles. The molecule has 7 heteroatoms. The third kappa shape index (κ3) is 4.64. The molecule has 2 aromatic carbocycles. The molecule has 0 spiro atoms. The van der Waals surface area contributed by atoms with Crippen LogP contribution in [0, 0.1) is 19.7 Å². The van der Waals surface area contributed by atoms with Crippen molar-refractivity contribution in [1.82, 2.24) is 15.1 Å². The van der Waals surface area contributed by atoms with Gasteiger partial charge >= 0.3 is 0 Å². The first kappa shape index (κ1) is 19.3. The summed E-state index contributed by atoms with van der Waals surface area (Å²) in [5.41, 5.74) is 4.01. The number of nitrogens with one attached hydrogen (secondary N) is 2. The molecule has 1 heterocycles. The summed E-state index contributed by atoms with van der Waals surface area (Å²) < 4.78 is 15.8. The minimum atomic E-state index is -0.343. The minimum Gasteiger partial charge on any atom is -0.358 e. The number of hydrogen-bond acceptors (Lipinski definition) is 2. The van der Waals surface area contributed by atoms with E-state index in [1.54, 1.807) is 16.8 Å². The van der Waals surface area contributed by atoms with Gasteiger partial charge in [0.05, 0.1) is 23.6 Å². The van der Waals surface area contributed by atoms with Crippen LogP contribution < -0.4 is 10.6 Å². The number of rotatable bonds is 5. The Hall–Kier alpha value is -2.44. The van der Waals surface area contributed by atoms with Crippen molar-refractivity contribution < 1.29 is 4.39 Å². The third-order valence-electron chi connectivity index (χ3n) is 4.29. The standard InChI is InChI=1S/C20H20ClFN4S/c1-13-19(24-20(27)23-11-15-7-4-3-5-8-15)14(2)26(25-13)12-16-17(21)9-6-10-18(16)22/h3-10H,11-12H2,1-2H3,(H2,23,24,27). The van der Waals surface area contributed by atoms with Crippen LogP contribution in [0.1, 0.15) is 22.5 Å². The minimum absolute atomic E-state index is 0.254. The van der Waals surface area contributed by atoms with Gasteiger partial charge in [0.25, 0.3) is 0 Å². The Morgan fingerprint density at radius 1 is 1.15 bits per heavy atom. The molecule has 0 amide bonds. The number of thiocarbonyl (C=S) groups is 1. The molecule has 140 valence electrons. The van der Waals surface area contributed by atoms with E-state index < -0.39 is 0 Å². The lowest BCUT2D eigenvalue weighted by Gasteiger charge is -2.12. The van der Waals surface area contributed by atoms with E-state index in [1.165, 1.54) is 6.07 Å². The van der Waals surface area contributed by atoms with E-state index in [9.17, 15) is 4.39 Å². The lowest BCUT2D eigenvalue weighted by molar-refractivity contribution is 0.579. The van der Waals surface area contributed by atoms with Gasteiger partial charge in [-0.05, 0) is 43.8 Å². The molecule has 0 saturated carbocycles. The SMILES string of the molecule is Cc1nn(Cc2c(F)cccc2Cl)c(C)c1NC(=S)NCc1ccccc1. The van der Waals surface area contributed by atoms with Gasteiger partial charge in [-0.1, -0.05) is 48.0 Å². The van der Waals surface area contributed by atoms with Crippen LogP contribution >= 0.6 is 23.8 Å². The fraction of sp³-hybridized carbons (Fsp3) is 0.200. The summed E-state index contributed by atoms with van der Waals surface area (Å²) in [5, 5.41) is 11.8. The molecule has 0 unspecified atom stereocenters. The van der Waals surface area contributed by atoms with Crippen LogP contribution in [0.2, 0.25) is 5.02 Å². The van der Waals surface area contributed by atoms with Gasteiger partial charge in [0, 0.05) is 17.1 Å². The molecule has 0 bridgehead atoms. The van der Waals surface area contributed by atoms with E-state index in [2.05, 4.69) is 15.7 Å². The second-order valence-corrected chi connectivity index (χ2v) is 7.01. The predicted molar refractivity (Wildman–Crippen MR) is 112 cm³/mol. The Labute approximate surface area is 168 Å². The lowest BCUT2D eigenvalue weighted by Crippen LogP contribution is -2.28. The van der Waals surface area contributed by atoms with Crippen molar-refractivity contribution in [3.8, 4) is 0 Å². The first-order valence-corrected chi connectivity index (χ1v) is 9.30. The number of aryl methyl sites for hydroxylation is 1. The Kier molecular flexibility index (Phi) is 6.08. The molecule has 0 aliphatic carbocycles. The van der Waals surface area contributed by atoms with Crippen molar-refractivity contribution in [2.75, 3.05) is 5.32 Å². The summed E-state index contributed by atoms with van der Waals surface area (Å²) in [6, 6.07) is 14.7. The monoisotopic (exact) mass is 402 g/mol. The zero-order valence-corrected chi connectivity index (χ0v) is 16.7. The number of hydrogen-bond donors (Lipinski definition) is 2. The Morgan fingerprint density at radius 2 is 1.89 bits per heavy atom. The van der Waals surface area contributed by atoms with Crippen LogP contribution in [0.5, 0.6) is 0 Å². The summed E-state index contributed by atoms with van der Waals surface area (Å²) >= 11 is 11.5. The van der Waals surface area contributed by atoms with Gasteiger partial charge in [-0.2, -0.15) is 5.10 Å². The van der Waals surface area contributed by atoms with Crippen LogP contribution in [0.25, 0.3) is 0 Å². The topological polar surface area (TPSA) is 41.9 Å². The number of nitrogens with zero attached hydrogens (tertiary/aromatic N) is 2. The van der Waals surface area contributed by atoms with Crippen molar-refractivity contribution in [3.63, 3.8) is 0 Å². The average Bonchev–Trinajstić information content (AvgIpc) is 2.91. The summed E-state index contributed by atoms with van der Waals surface area (Å²) in [5.74, 6) is -0.343. The highest BCUT2D eigenvalue weighted by Gasteiger charge is 2.15. The predicted octanol–water partition coefficient (Wildman–Crippen LogP) is 4.83. The maximum atomic E-state index is 14.1. The fourth-order valence-corrected chi connectivity index (χ4v) is 3.20. The molecule has 0 fully saturated rings. The van der Waals surface area contributed by atoms with E-state index >= 15 is 0 Å². The molecule has 4 nitrogen and oxygen atoms in total. The number of anilines is 1. The quantitative estimate of drug-likeness (QED) is 0.600. The highest BCUT2D eigenvalue weighted by Crippen LogP contribution is 2.24. The Balaban J connectivity index is 1.71. The van der Waals surface area contributed by atoms with Crippen LogP contribution in [-0.2, 0) is 13.1 Å². The van der Waals surface area contributed by atoms with Crippen molar-refractivity contribution in [2.45, 2.75) is 26.9 Å². The van der Waals surface area contributed by atoms with Crippen LogP contribution in [0.4, 0.5) is 10.1 Å². The third-order valence-corrected chi connectivity index (χ3v) is 4.89. The maximum Gasteiger partial charge on any atom is 0.171 e. The average molecular weight is 403 g/mol. The zero-order valence-electron chi connectivity index (χ0n) is 15.1. The first-order valence-electron chi connectivity index (χ1n) is 8.51. The van der Waals surface area contributed by atoms with E-state index in [4.69, 9.17) is 23.8 Å². The van der Waals surface area contributed by atoms with E-state index in [1.807, 2.05) is 44.2 Å². The summed E-state index contributed by atoms with van der Waals surface area (Å²) in [6.07, 6.45) is 0. The summed E-state index contributed by atoms with van der Waals surface area (Å²) in [7, 11) is 0. The molecule has 27 heavy (non-hydrogen) atoms. The summed E-state index contributed by atoms with van der Waals surface area (Å²) in [6.45, 7) is 4.68. The van der Waals surface area contributed by atoms with Gasteiger partial charge < -0.3 is 10.6 Å². The molecule has 0 aliphatic rings. The van der Waals surface area contributed by atoms with Crippen molar-refractivity contribution in [1.29, 1.82) is 0 Å². The molecule has 0 radical (unpaired) electrons. The highest BCUT2D eigenvalue weighted by molar-refractivity contribution is 7.80.